The first-order valence-electron chi connectivity index (χ1n) is 9.66. The lowest BCUT2D eigenvalue weighted by Gasteiger charge is -2.29. The summed E-state index contributed by atoms with van der Waals surface area (Å²) in [6.45, 7) is 1.95. The second-order valence-corrected chi connectivity index (χ2v) is 8.19. The van der Waals surface area contributed by atoms with E-state index in [1.165, 1.54) is 11.3 Å². The van der Waals surface area contributed by atoms with Gasteiger partial charge in [0.15, 0.2) is 11.2 Å². The van der Waals surface area contributed by atoms with Gasteiger partial charge < -0.3 is 4.74 Å². The first-order chi connectivity index (χ1) is 14.6. The number of esters is 1. The third kappa shape index (κ3) is 3.15. The third-order valence-electron chi connectivity index (χ3n) is 5.22. The Morgan fingerprint density at radius 2 is 1.77 bits per heavy atom. The fourth-order valence-corrected chi connectivity index (χ4v) is 4.68. The maximum atomic E-state index is 13.7. The standard InChI is InChI=1S/C24H18N2O3S/c1-15-8-2-6-12-19(15)26(24-25-18-11-5-7-13-21(18)30-24)22(27)20-14-16-9-3-4-10-17(16)23(28)29-20/h2-13,20H,14H2,1H3. The molecule has 0 saturated heterocycles. The van der Waals surface area contributed by atoms with E-state index in [4.69, 9.17) is 9.72 Å². The highest BCUT2D eigenvalue weighted by Gasteiger charge is 2.36. The SMILES string of the molecule is Cc1ccccc1N(C(=O)C1Cc2ccccc2C(=O)O1)c1nc2ccccc2s1. The maximum absolute atomic E-state index is 13.7. The van der Waals surface area contributed by atoms with E-state index in [0.29, 0.717) is 17.1 Å². The molecule has 1 aliphatic heterocycles. The molecule has 1 aliphatic rings. The van der Waals surface area contributed by atoms with Crippen molar-refractivity contribution in [3.8, 4) is 0 Å². The largest absolute Gasteiger partial charge is 0.448 e. The van der Waals surface area contributed by atoms with Crippen molar-refractivity contribution in [1.29, 1.82) is 0 Å². The quantitative estimate of drug-likeness (QED) is 0.440. The Morgan fingerprint density at radius 3 is 2.60 bits per heavy atom. The molecule has 1 unspecified atom stereocenters. The average Bonchev–Trinajstić information content (AvgIpc) is 3.19. The van der Waals surface area contributed by atoms with Gasteiger partial charge in [-0.2, -0.15) is 0 Å². The van der Waals surface area contributed by atoms with Crippen molar-refractivity contribution < 1.29 is 14.3 Å². The van der Waals surface area contributed by atoms with Gasteiger partial charge in [0, 0.05) is 6.42 Å². The Labute approximate surface area is 177 Å². The summed E-state index contributed by atoms with van der Waals surface area (Å²) >= 11 is 1.44. The first-order valence-corrected chi connectivity index (χ1v) is 10.5. The molecule has 0 saturated carbocycles. The molecular formula is C24H18N2O3S. The van der Waals surface area contributed by atoms with E-state index in [-0.39, 0.29) is 5.91 Å². The molecule has 3 aromatic carbocycles. The van der Waals surface area contributed by atoms with Crippen LogP contribution in [0.1, 0.15) is 21.5 Å². The maximum Gasteiger partial charge on any atom is 0.339 e. The van der Waals surface area contributed by atoms with Crippen molar-refractivity contribution in [2.24, 2.45) is 0 Å². The van der Waals surface area contributed by atoms with Crippen LogP contribution in [0, 0.1) is 6.92 Å². The molecule has 1 amide bonds. The van der Waals surface area contributed by atoms with Crippen LogP contribution in [0.2, 0.25) is 0 Å². The molecule has 0 fully saturated rings. The molecule has 6 heteroatoms. The molecule has 1 atom stereocenters. The van der Waals surface area contributed by atoms with E-state index >= 15 is 0 Å². The van der Waals surface area contributed by atoms with Gasteiger partial charge in [0.1, 0.15) is 0 Å². The molecule has 0 bridgehead atoms. The van der Waals surface area contributed by atoms with Crippen molar-refractivity contribution in [3.63, 3.8) is 0 Å². The van der Waals surface area contributed by atoms with Gasteiger partial charge in [-0.15, -0.1) is 0 Å². The zero-order valence-electron chi connectivity index (χ0n) is 16.2. The molecular weight excluding hydrogens is 396 g/mol. The Bertz CT molecular complexity index is 1250. The Kier molecular flexibility index (Phi) is 4.56. The molecule has 0 aliphatic carbocycles. The summed E-state index contributed by atoms with van der Waals surface area (Å²) in [5.41, 5.74) is 3.84. The van der Waals surface area contributed by atoms with Crippen LogP contribution < -0.4 is 4.90 Å². The lowest BCUT2D eigenvalue weighted by Crippen LogP contribution is -2.42. The predicted octanol–water partition coefficient (Wildman–Crippen LogP) is 5.05. The molecule has 0 radical (unpaired) electrons. The highest BCUT2D eigenvalue weighted by molar-refractivity contribution is 7.22. The number of rotatable bonds is 3. The minimum atomic E-state index is -0.904. The number of hydrogen-bond donors (Lipinski definition) is 0. The number of aromatic nitrogens is 1. The Hall–Kier alpha value is -3.51. The predicted molar refractivity (Wildman–Crippen MR) is 117 cm³/mol. The van der Waals surface area contributed by atoms with Gasteiger partial charge >= 0.3 is 5.97 Å². The van der Waals surface area contributed by atoms with Crippen LogP contribution in [0.15, 0.2) is 72.8 Å². The normalized spacial score (nSPS) is 15.5. The summed E-state index contributed by atoms with van der Waals surface area (Å²) in [5.74, 6) is -0.768. The summed E-state index contributed by atoms with van der Waals surface area (Å²) in [7, 11) is 0. The van der Waals surface area contributed by atoms with Gasteiger partial charge in [0.25, 0.3) is 5.91 Å². The lowest BCUT2D eigenvalue weighted by molar-refractivity contribution is -0.126. The molecule has 4 aromatic rings. The minimum Gasteiger partial charge on any atom is -0.448 e. The monoisotopic (exact) mass is 414 g/mol. The van der Waals surface area contributed by atoms with E-state index < -0.39 is 12.1 Å². The minimum absolute atomic E-state index is 0.300. The summed E-state index contributed by atoms with van der Waals surface area (Å²) in [6.07, 6.45) is -0.562. The van der Waals surface area contributed by atoms with Crippen LogP contribution in [0.5, 0.6) is 0 Å². The molecule has 148 valence electrons. The number of aryl methyl sites for hydroxylation is 1. The Balaban J connectivity index is 1.59. The van der Waals surface area contributed by atoms with Crippen molar-refractivity contribution in [2.45, 2.75) is 19.4 Å². The van der Waals surface area contributed by atoms with Crippen LogP contribution in [0.25, 0.3) is 10.2 Å². The fraction of sp³-hybridized carbons (Fsp3) is 0.125. The van der Waals surface area contributed by atoms with Crippen LogP contribution in [-0.4, -0.2) is 23.0 Å². The number of amides is 1. The van der Waals surface area contributed by atoms with Crippen molar-refractivity contribution >= 4 is 44.2 Å². The molecule has 0 N–H and O–H groups in total. The average molecular weight is 414 g/mol. The molecule has 5 rings (SSSR count). The van der Waals surface area contributed by atoms with E-state index in [1.54, 1.807) is 17.0 Å². The molecule has 1 aromatic heterocycles. The summed E-state index contributed by atoms with van der Waals surface area (Å²) in [6, 6.07) is 22.7. The van der Waals surface area contributed by atoms with Crippen molar-refractivity contribution in [1.82, 2.24) is 4.98 Å². The molecule has 30 heavy (non-hydrogen) atoms. The van der Waals surface area contributed by atoms with Crippen LogP contribution in [0.3, 0.4) is 0 Å². The molecule has 2 heterocycles. The number of carbonyl (C=O) groups is 2. The third-order valence-corrected chi connectivity index (χ3v) is 6.24. The van der Waals surface area contributed by atoms with Crippen LogP contribution in [-0.2, 0) is 16.0 Å². The van der Waals surface area contributed by atoms with Gasteiger partial charge in [-0.1, -0.05) is 59.9 Å². The van der Waals surface area contributed by atoms with E-state index in [2.05, 4.69) is 0 Å². The summed E-state index contributed by atoms with van der Waals surface area (Å²) < 4.78 is 6.55. The van der Waals surface area contributed by atoms with Gasteiger partial charge in [-0.05, 0) is 42.3 Å². The number of thiazole rings is 1. The molecule has 0 spiro atoms. The zero-order chi connectivity index (χ0) is 20.7. The highest BCUT2D eigenvalue weighted by atomic mass is 32.1. The smallest absolute Gasteiger partial charge is 0.339 e. The van der Waals surface area contributed by atoms with Crippen molar-refractivity contribution in [2.75, 3.05) is 4.90 Å². The number of cyclic esters (lactones) is 1. The lowest BCUT2D eigenvalue weighted by atomic mass is 9.98. The van der Waals surface area contributed by atoms with E-state index in [9.17, 15) is 9.59 Å². The number of nitrogens with zero attached hydrogens (tertiary/aromatic N) is 2. The van der Waals surface area contributed by atoms with E-state index in [0.717, 1.165) is 27.0 Å². The van der Waals surface area contributed by atoms with Crippen LogP contribution in [0.4, 0.5) is 10.8 Å². The van der Waals surface area contributed by atoms with Gasteiger partial charge in [0.2, 0.25) is 0 Å². The number of anilines is 2. The molecule has 5 nitrogen and oxygen atoms in total. The number of carbonyl (C=O) groups excluding carboxylic acids is 2. The number of fused-ring (bicyclic) bond motifs is 2. The fourth-order valence-electron chi connectivity index (χ4n) is 3.70. The number of para-hydroxylation sites is 2. The topological polar surface area (TPSA) is 59.5 Å². The van der Waals surface area contributed by atoms with Crippen molar-refractivity contribution in [3.05, 3.63) is 89.5 Å². The number of hydrogen-bond acceptors (Lipinski definition) is 5. The van der Waals surface area contributed by atoms with E-state index in [1.807, 2.05) is 67.6 Å². The number of benzene rings is 3. The highest BCUT2D eigenvalue weighted by Crippen LogP contribution is 2.36. The van der Waals surface area contributed by atoms with Gasteiger partial charge in [0.05, 0.1) is 21.5 Å². The zero-order valence-corrected chi connectivity index (χ0v) is 17.1. The van der Waals surface area contributed by atoms with Gasteiger partial charge in [-0.25, -0.2) is 9.78 Å². The summed E-state index contributed by atoms with van der Waals surface area (Å²) in [4.78, 5) is 32.5. The Morgan fingerprint density at radius 1 is 1.03 bits per heavy atom. The second kappa shape index (κ2) is 7.39. The second-order valence-electron chi connectivity index (χ2n) is 7.18. The summed E-state index contributed by atoms with van der Waals surface area (Å²) in [5, 5.41) is 0.561. The van der Waals surface area contributed by atoms with Crippen LogP contribution >= 0.6 is 11.3 Å². The van der Waals surface area contributed by atoms with Gasteiger partial charge in [-0.3, -0.25) is 9.69 Å². The first kappa shape index (κ1) is 18.5. The number of ether oxygens (including phenoxy) is 1.